The van der Waals surface area contributed by atoms with Gasteiger partial charge < -0.3 is 5.11 Å². The maximum Gasteiger partial charge on any atom is 0.325 e. The summed E-state index contributed by atoms with van der Waals surface area (Å²) < 4.78 is 1.71. The van der Waals surface area contributed by atoms with Crippen LogP contribution in [0.2, 0.25) is 0 Å². The minimum atomic E-state index is -1.04. The number of carboxylic acid groups (broad SMARTS) is 1. The zero-order valence-electron chi connectivity index (χ0n) is 12.4. The minimum Gasteiger partial charge on any atom is -0.480 e. The second-order valence-corrected chi connectivity index (χ2v) is 5.25. The van der Waals surface area contributed by atoms with Gasteiger partial charge >= 0.3 is 5.97 Å². The fraction of sp³-hybridized carbons (Fsp3) is 0.769. The molecule has 1 aromatic heterocycles. The Labute approximate surface area is 114 Å². The normalized spacial score (nSPS) is 14.6. The van der Waals surface area contributed by atoms with Gasteiger partial charge in [-0.2, -0.15) is 5.10 Å². The van der Waals surface area contributed by atoms with E-state index in [1.165, 1.54) is 0 Å². The summed E-state index contributed by atoms with van der Waals surface area (Å²) >= 11 is 0. The van der Waals surface area contributed by atoms with E-state index in [1.807, 2.05) is 27.7 Å². The molecule has 108 valence electrons. The van der Waals surface area contributed by atoms with Crippen molar-refractivity contribution in [2.75, 3.05) is 0 Å². The molecule has 0 bridgehead atoms. The quantitative estimate of drug-likeness (QED) is 0.778. The Morgan fingerprint density at radius 2 is 2.05 bits per heavy atom. The number of hydrogen-bond acceptors (Lipinski definition) is 4. The van der Waals surface area contributed by atoms with E-state index in [4.69, 9.17) is 0 Å². The average molecular weight is 268 g/mol. The molecule has 0 aliphatic rings. The van der Waals surface area contributed by atoms with Crippen LogP contribution in [0.5, 0.6) is 0 Å². The summed E-state index contributed by atoms with van der Waals surface area (Å²) in [6, 6.07) is 0.0837. The number of aliphatic carboxylic acids is 1. The fourth-order valence-corrected chi connectivity index (χ4v) is 2.08. The Morgan fingerprint density at radius 1 is 1.42 bits per heavy atom. The molecule has 1 heterocycles. The van der Waals surface area contributed by atoms with Crippen molar-refractivity contribution in [2.45, 2.75) is 65.6 Å². The standard InChI is InChI=1S/C13H24N4O2/c1-6-10-14-11(7-2)17(16-10)8-13(5,12(18)19)15-9(3)4/h9,15H,6-8H2,1-5H3,(H,18,19). The van der Waals surface area contributed by atoms with E-state index >= 15 is 0 Å². The molecule has 0 aromatic carbocycles. The minimum absolute atomic E-state index is 0.0837. The van der Waals surface area contributed by atoms with E-state index in [0.717, 1.165) is 24.5 Å². The summed E-state index contributed by atoms with van der Waals surface area (Å²) in [6.45, 7) is 9.80. The predicted molar refractivity (Wildman–Crippen MR) is 73.1 cm³/mol. The summed E-state index contributed by atoms with van der Waals surface area (Å²) in [4.78, 5) is 15.9. The van der Waals surface area contributed by atoms with Gasteiger partial charge in [-0.25, -0.2) is 9.67 Å². The monoisotopic (exact) mass is 268 g/mol. The Morgan fingerprint density at radius 3 is 2.47 bits per heavy atom. The van der Waals surface area contributed by atoms with Crippen molar-refractivity contribution in [1.82, 2.24) is 20.1 Å². The predicted octanol–water partition coefficient (Wildman–Crippen LogP) is 1.24. The Hall–Kier alpha value is -1.43. The highest BCUT2D eigenvalue weighted by atomic mass is 16.4. The number of nitrogens with zero attached hydrogens (tertiary/aromatic N) is 3. The molecule has 1 unspecified atom stereocenters. The molecule has 0 aliphatic heterocycles. The van der Waals surface area contributed by atoms with Crippen LogP contribution in [0.15, 0.2) is 0 Å². The van der Waals surface area contributed by atoms with Gasteiger partial charge in [-0.3, -0.25) is 10.1 Å². The van der Waals surface area contributed by atoms with Crippen LogP contribution in [0.4, 0.5) is 0 Å². The van der Waals surface area contributed by atoms with Crippen LogP contribution >= 0.6 is 0 Å². The van der Waals surface area contributed by atoms with E-state index in [-0.39, 0.29) is 12.6 Å². The zero-order valence-corrected chi connectivity index (χ0v) is 12.4. The fourth-order valence-electron chi connectivity index (χ4n) is 2.08. The molecule has 0 saturated heterocycles. The van der Waals surface area contributed by atoms with Gasteiger partial charge in [0.25, 0.3) is 0 Å². The highest BCUT2D eigenvalue weighted by molar-refractivity contribution is 5.78. The first-order valence-electron chi connectivity index (χ1n) is 6.76. The van der Waals surface area contributed by atoms with E-state index in [2.05, 4.69) is 15.4 Å². The van der Waals surface area contributed by atoms with Crippen molar-refractivity contribution < 1.29 is 9.90 Å². The molecule has 1 atom stereocenters. The molecule has 6 heteroatoms. The molecule has 0 aliphatic carbocycles. The number of carbonyl (C=O) groups is 1. The van der Waals surface area contributed by atoms with Gasteiger partial charge in [-0.15, -0.1) is 0 Å². The lowest BCUT2D eigenvalue weighted by Crippen LogP contribution is -2.55. The lowest BCUT2D eigenvalue weighted by molar-refractivity contribution is -0.145. The van der Waals surface area contributed by atoms with Crippen LogP contribution in [0.1, 0.15) is 46.3 Å². The van der Waals surface area contributed by atoms with Crippen LogP contribution < -0.4 is 5.32 Å². The molecule has 1 rings (SSSR count). The van der Waals surface area contributed by atoms with E-state index in [0.29, 0.717) is 0 Å². The second-order valence-electron chi connectivity index (χ2n) is 5.25. The summed E-state index contributed by atoms with van der Waals surface area (Å²) in [5.74, 6) is 0.709. The van der Waals surface area contributed by atoms with Crippen LogP contribution in [0, 0.1) is 0 Å². The Bertz CT molecular complexity index is 442. The number of aromatic nitrogens is 3. The first-order valence-corrected chi connectivity index (χ1v) is 6.76. The number of aryl methyl sites for hydroxylation is 2. The van der Waals surface area contributed by atoms with Crippen LogP contribution in [0.3, 0.4) is 0 Å². The van der Waals surface area contributed by atoms with Gasteiger partial charge in [-0.05, 0) is 20.8 Å². The molecular weight excluding hydrogens is 244 g/mol. The molecule has 0 saturated carbocycles. The molecule has 19 heavy (non-hydrogen) atoms. The van der Waals surface area contributed by atoms with Gasteiger partial charge in [-0.1, -0.05) is 13.8 Å². The maximum atomic E-state index is 11.5. The molecule has 0 amide bonds. The van der Waals surface area contributed by atoms with Gasteiger partial charge in [0, 0.05) is 18.9 Å². The average Bonchev–Trinajstić information content (AvgIpc) is 2.69. The Kier molecular flexibility index (Phi) is 5.05. The Balaban J connectivity index is 3.02. The third-order valence-corrected chi connectivity index (χ3v) is 2.97. The highest BCUT2D eigenvalue weighted by Gasteiger charge is 2.35. The van der Waals surface area contributed by atoms with Crippen molar-refractivity contribution >= 4 is 5.97 Å². The van der Waals surface area contributed by atoms with E-state index in [1.54, 1.807) is 11.6 Å². The molecule has 0 fully saturated rings. The largest absolute Gasteiger partial charge is 0.480 e. The third-order valence-electron chi connectivity index (χ3n) is 2.97. The van der Waals surface area contributed by atoms with Crippen molar-refractivity contribution in [2.24, 2.45) is 0 Å². The lowest BCUT2D eigenvalue weighted by Gasteiger charge is -2.28. The molecule has 0 spiro atoms. The summed E-state index contributed by atoms with van der Waals surface area (Å²) in [7, 11) is 0. The maximum absolute atomic E-state index is 11.5. The third kappa shape index (κ3) is 3.76. The van der Waals surface area contributed by atoms with Crippen molar-refractivity contribution in [1.29, 1.82) is 0 Å². The van der Waals surface area contributed by atoms with E-state index < -0.39 is 11.5 Å². The molecule has 6 nitrogen and oxygen atoms in total. The number of carboxylic acids is 1. The topological polar surface area (TPSA) is 80.0 Å². The van der Waals surface area contributed by atoms with Gasteiger partial charge in [0.2, 0.25) is 0 Å². The molecule has 0 radical (unpaired) electrons. The van der Waals surface area contributed by atoms with E-state index in [9.17, 15) is 9.90 Å². The molecule has 1 aromatic rings. The summed E-state index contributed by atoms with van der Waals surface area (Å²) in [5, 5.41) is 16.9. The second kappa shape index (κ2) is 6.14. The number of rotatable bonds is 7. The zero-order chi connectivity index (χ0) is 14.6. The summed E-state index contributed by atoms with van der Waals surface area (Å²) in [6.07, 6.45) is 1.49. The SMILES string of the molecule is CCc1nc(CC)n(CC(C)(NC(C)C)C(=O)O)n1. The van der Waals surface area contributed by atoms with Crippen LogP contribution in [-0.4, -0.2) is 37.4 Å². The van der Waals surface area contributed by atoms with Gasteiger partial charge in [0.15, 0.2) is 5.82 Å². The number of nitrogens with one attached hydrogen (secondary N) is 1. The highest BCUT2D eigenvalue weighted by Crippen LogP contribution is 2.12. The lowest BCUT2D eigenvalue weighted by atomic mass is 10.0. The first-order chi connectivity index (χ1) is 8.82. The van der Waals surface area contributed by atoms with Crippen molar-refractivity contribution in [3.05, 3.63) is 11.6 Å². The van der Waals surface area contributed by atoms with Gasteiger partial charge in [0.1, 0.15) is 11.4 Å². The van der Waals surface area contributed by atoms with Crippen molar-refractivity contribution in [3.8, 4) is 0 Å². The smallest absolute Gasteiger partial charge is 0.325 e. The summed E-state index contributed by atoms with van der Waals surface area (Å²) in [5.41, 5.74) is -1.04. The van der Waals surface area contributed by atoms with Crippen LogP contribution in [0.25, 0.3) is 0 Å². The molecule has 2 N–H and O–H groups in total. The first kappa shape index (κ1) is 15.6. The molecular formula is C13H24N4O2. The van der Waals surface area contributed by atoms with Crippen molar-refractivity contribution in [3.63, 3.8) is 0 Å². The number of hydrogen-bond donors (Lipinski definition) is 2. The van der Waals surface area contributed by atoms with Crippen LogP contribution in [-0.2, 0) is 24.2 Å². The van der Waals surface area contributed by atoms with Gasteiger partial charge in [0.05, 0.1) is 6.54 Å².